The Bertz CT molecular complexity index is 783. The molecular formula is C19H21ClN4O3. The molecule has 2 aliphatic rings. The van der Waals surface area contributed by atoms with Gasteiger partial charge in [0.05, 0.1) is 0 Å². The van der Waals surface area contributed by atoms with E-state index >= 15 is 0 Å². The van der Waals surface area contributed by atoms with Gasteiger partial charge >= 0.3 is 6.03 Å². The third-order valence-electron chi connectivity index (χ3n) is 4.74. The smallest absolute Gasteiger partial charge is 0.325 e. The number of hydrogen-bond acceptors (Lipinski definition) is 4. The second-order valence-electron chi connectivity index (χ2n) is 6.62. The largest absolute Gasteiger partial charge is 0.339 e. The first-order valence-electron chi connectivity index (χ1n) is 8.78. The lowest BCUT2D eigenvalue weighted by Crippen LogP contribution is -2.51. The summed E-state index contributed by atoms with van der Waals surface area (Å²) in [4.78, 5) is 41.4. The summed E-state index contributed by atoms with van der Waals surface area (Å²) in [5, 5.41) is 3.21. The molecule has 0 aromatic heterocycles. The number of carbonyl (C=O) groups is 3. The number of nitrogens with zero attached hydrogens (tertiary/aromatic N) is 3. The lowest BCUT2D eigenvalue weighted by Gasteiger charge is -2.35. The molecule has 7 nitrogen and oxygen atoms in total. The lowest BCUT2D eigenvalue weighted by atomic mass is 10.2. The van der Waals surface area contributed by atoms with Gasteiger partial charge in [0.25, 0.3) is 5.91 Å². The van der Waals surface area contributed by atoms with Crippen LogP contribution in [0.4, 0.5) is 4.79 Å². The molecule has 2 aliphatic heterocycles. The van der Waals surface area contributed by atoms with Crippen LogP contribution in [0.1, 0.15) is 12.0 Å². The molecule has 0 radical (unpaired) electrons. The highest BCUT2D eigenvalue weighted by Crippen LogP contribution is 2.15. The number of halogens is 1. The number of carbonyl (C=O) groups excluding carboxylic acids is 3. The van der Waals surface area contributed by atoms with E-state index < -0.39 is 18.0 Å². The SMILES string of the molecule is C#CC[C@H]1NC(=O)N(CC(=O)N2CCN(Cc3cccc(Cl)c3)CC2)C1=O. The molecule has 1 atom stereocenters. The minimum Gasteiger partial charge on any atom is -0.339 e. The fraction of sp³-hybridized carbons (Fsp3) is 0.421. The van der Waals surface area contributed by atoms with Gasteiger partial charge < -0.3 is 10.2 Å². The maximum absolute atomic E-state index is 12.5. The summed E-state index contributed by atoms with van der Waals surface area (Å²) >= 11 is 6.01. The molecule has 142 valence electrons. The minimum absolute atomic E-state index is 0.122. The van der Waals surface area contributed by atoms with E-state index in [0.717, 1.165) is 30.1 Å². The average molecular weight is 389 g/mol. The van der Waals surface area contributed by atoms with Gasteiger partial charge in [-0.15, -0.1) is 12.3 Å². The Morgan fingerprint density at radius 2 is 2.00 bits per heavy atom. The molecule has 0 aliphatic carbocycles. The number of benzene rings is 1. The summed E-state index contributed by atoms with van der Waals surface area (Å²) < 4.78 is 0. The van der Waals surface area contributed by atoms with Crippen LogP contribution in [0.3, 0.4) is 0 Å². The van der Waals surface area contributed by atoms with Gasteiger partial charge in [-0.25, -0.2) is 4.79 Å². The summed E-state index contributed by atoms with van der Waals surface area (Å²) in [7, 11) is 0. The minimum atomic E-state index is -0.732. The summed E-state index contributed by atoms with van der Waals surface area (Å²) in [6.07, 6.45) is 5.32. The Labute approximate surface area is 163 Å². The number of nitrogens with one attached hydrogen (secondary N) is 1. The van der Waals surface area contributed by atoms with E-state index in [1.807, 2.05) is 24.3 Å². The van der Waals surface area contributed by atoms with E-state index in [0.29, 0.717) is 18.1 Å². The maximum atomic E-state index is 12.5. The van der Waals surface area contributed by atoms with Crippen LogP contribution < -0.4 is 5.32 Å². The number of amides is 4. The standard InChI is InChI=1S/C19H21ClN4O3/c1-2-4-16-18(26)24(19(27)21-16)13-17(25)23-9-7-22(8-10-23)12-14-5-3-6-15(20)11-14/h1,3,5-6,11,16H,4,7-10,12-13H2,(H,21,27)/t16-/m1/s1. The van der Waals surface area contributed by atoms with E-state index in [4.69, 9.17) is 18.0 Å². The molecule has 0 unspecified atom stereocenters. The fourth-order valence-corrected chi connectivity index (χ4v) is 3.48. The van der Waals surface area contributed by atoms with Crippen LogP contribution in [0.25, 0.3) is 0 Å². The van der Waals surface area contributed by atoms with Gasteiger partial charge in [0.2, 0.25) is 5.91 Å². The topological polar surface area (TPSA) is 73.0 Å². The molecular weight excluding hydrogens is 368 g/mol. The Morgan fingerprint density at radius 1 is 1.26 bits per heavy atom. The number of imide groups is 1. The van der Waals surface area contributed by atoms with Crippen molar-refractivity contribution in [2.45, 2.75) is 19.0 Å². The van der Waals surface area contributed by atoms with Gasteiger partial charge in [0.1, 0.15) is 12.6 Å². The number of terminal acetylenes is 1. The van der Waals surface area contributed by atoms with Crippen molar-refractivity contribution in [3.05, 3.63) is 34.9 Å². The van der Waals surface area contributed by atoms with Crippen LogP contribution in [0.2, 0.25) is 5.02 Å². The van der Waals surface area contributed by atoms with E-state index in [1.54, 1.807) is 4.90 Å². The van der Waals surface area contributed by atoms with Gasteiger partial charge in [-0.2, -0.15) is 0 Å². The zero-order valence-corrected chi connectivity index (χ0v) is 15.6. The normalized spacial score (nSPS) is 20.5. The lowest BCUT2D eigenvalue weighted by molar-refractivity contribution is -0.138. The number of rotatable bonds is 5. The monoisotopic (exact) mass is 388 g/mol. The van der Waals surface area contributed by atoms with Crippen molar-refractivity contribution in [2.24, 2.45) is 0 Å². The van der Waals surface area contributed by atoms with Crippen molar-refractivity contribution in [1.82, 2.24) is 20.0 Å². The number of piperazine rings is 1. The molecule has 27 heavy (non-hydrogen) atoms. The Balaban J connectivity index is 1.49. The first kappa shape index (κ1) is 19.2. The summed E-state index contributed by atoms with van der Waals surface area (Å²) in [6, 6.07) is 6.42. The zero-order valence-electron chi connectivity index (χ0n) is 14.9. The van der Waals surface area contributed by atoms with Gasteiger partial charge in [0.15, 0.2) is 0 Å². The second-order valence-corrected chi connectivity index (χ2v) is 7.06. The molecule has 1 aromatic carbocycles. The molecule has 1 N–H and O–H groups in total. The van der Waals surface area contributed by atoms with Crippen molar-refractivity contribution in [3.63, 3.8) is 0 Å². The molecule has 0 spiro atoms. The predicted octanol–water partition coefficient (Wildman–Crippen LogP) is 0.928. The van der Waals surface area contributed by atoms with Gasteiger partial charge in [-0.1, -0.05) is 23.7 Å². The molecule has 2 saturated heterocycles. The van der Waals surface area contributed by atoms with Crippen LogP contribution in [-0.2, 0) is 16.1 Å². The predicted molar refractivity (Wildman–Crippen MR) is 101 cm³/mol. The number of urea groups is 1. The summed E-state index contributed by atoms with van der Waals surface area (Å²) in [5.74, 6) is 1.68. The van der Waals surface area contributed by atoms with Crippen LogP contribution in [0, 0.1) is 12.3 Å². The molecule has 1 aromatic rings. The van der Waals surface area contributed by atoms with Crippen LogP contribution in [-0.4, -0.2) is 71.3 Å². The molecule has 2 heterocycles. The Hall–Kier alpha value is -2.56. The van der Waals surface area contributed by atoms with E-state index in [1.165, 1.54) is 0 Å². The van der Waals surface area contributed by atoms with Gasteiger partial charge in [0, 0.05) is 44.2 Å². The Kier molecular flexibility index (Phi) is 5.99. The van der Waals surface area contributed by atoms with Crippen LogP contribution >= 0.6 is 11.6 Å². The number of hydrogen-bond donors (Lipinski definition) is 1. The average Bonchev–Trinajstić information content (AvgIpc) is 2.90. The summed E-state index contributed by atoms with van der Waals surface area (Å²) in [5.41, 5.74) is 1.13. The first-order chi connectivity index (χ1) is 13.0. The van der Waals surface area contributed by atoms with Crippen molar-refractivity contribution < 1.29 is 14.4 Å². The molecule has 4 amide bonds. The van der Waals surface area contributed by atoms with Crippen molar-refractivity contribution in [3.8, 4) is 12.3 Å². The van der Waals surface area contributed by atoms with E-state index in [-0.39, 0.29) is 18.9 Å². The zero-order chi connectivity index (χ0) is 19.4. The van der Waals surface area contributed by atoms with E-state index in [9.17, 15) is 14.4 Å². The fourth-order valence-electron chi connectivity index (χ4n) is 3.27. The quantitative estimate of drug-likeness (QED) is 0.601. The van der Waals surface area contributed by atoms with Gasteiger partial charge in [-0.05, 0) is 17.7 Å². The van der Waals surface area contributed by atoms with Crippen LogP contribution in [0.15, 0.2) is 24.3 Å². The highest BCUT2D eigenvalue weighted by Gasteiger charge is 2.39. The molecule has 2 fully saturated rings. The van der Waals surface area contributed by atoms with Crippen molar-refractivity contribution >= 4 is 29.4 Å². The highest BCUT2D eigenvalue weighted by molar-refractivity contribution is 6.30. The van der Waals surface area contributed by atoms with Crippen LogP contribution in [0.5, 0.6) is 0 Å². The van der Waals surface area contributed by atoms with E-state index in [2.05, 4.69) is 16.1 Å². The first-order valence-corrected chi connectivity index (χ1v) is 9.15. The third kappa shape index (κ3) is 4.59. The molecule has 0 saturated carbocycles. The van der Waals surface area contributed by atoms with Gasteiger partial charge in [-0.3, -0.25) is 19.4 Å². The van der Waals surface area contributed by atoms with Crippen molar-refractivity contribution in [2.75, 3.05) is 32.7 Å². The third-order valence-corrected chi connectivity index (χ3v) is 4.98. The molecule has 0 bridgehead atoms. The summed E-state index contributed by atoms with van der Waals surface area (Å²) in [6.45, 7) is 3.06. The Morgan fingerprint density at radius 3 is 2.67 bits per heavy atom. The second kappa shape index (κ2) is 8.42. The van der Waals surface area contributed by atoms with Crippen molar-refractivity contribution in [1.29, 1.82) is 0 Å². The molecule has 3 rings (SSSR count). The highest BCUT2D eigenvalue weighted by atomic mass is 35.5. The molecule has 8 heteroatoms. The maximum Gasteiger partial charge on any atom is 0.325 e.